The third-order valence-electron chi connectivity index (χ3n) is 3.96. The van der Waals surface area contributed by atoms with Gasteiger partial charge in [0.15, 0.2) is 0 Å². The summed E-state index contributed by atoms with van der Waals surface area (Å²) in [7, 11) is 0. The fourth-order valence-corrected chi connectivity index (χ4v) is 2.43. The van der Waals surface area contributed by atoms with E-state index in [2.05, 4.69) is 5.32 Å². The maximum absolute atomic E-state index is 12.1. The first kappa shape index (κ1) is 17.0. The number of fused-ring (bicyclic) bond motifs is 1. The number of hydrogen-bond donors (Lipinski definition) is 3. The quantitative estimate of drug-likeness (QED) is 0.725. The third-order valence-corrected chi connectivity index (χ3v) is 3.96. The highest BCUT2D eigenvalue weighted by molar-refractivity contribution is 5.85. The van der Waals surface area contributed by atoms with Crippen LogP contribution in [-0.2, 0) is 11.2 Å². The van der Waals surface area contributed by atoms with Crippen molar-refractivity contribution in [3.8, 4) is 5.75 Å². The zero-order valence-electron chi connectivity index (χ0n) is 13.4. The number of phenolic OH excluding ortho intramolecular Hbond substituents is 1. The van der Waals surface area contributed by atoms with E-state index in [0.717, 1.165) is 0 Å². The monoisotopic (exact) mass is 319 g/mol. The first-order valence-corrected chi connectivity index (χ1v) is 7.49. The van der Waals surface area contributed by atoms with Crippen molar-refractivity contribution in [1.29, 1.82) is 0 Å². The van der Waals surface area contributed by atoms with Gasteiger partial charge in [-0.15, -0.1) is 0 Å². The van der Waals surface area contributed by atoms with E-state index in [-0.39, 0.29) is 47.8 Å². The van der Waals surface area contributed by atoms with Crippen LogP contribution in [0.25, 0.3) is 11.0 Å². The van der Waals surface area contributed by atoms with Gasteiger partial charge < -0.3 is 19.9 Å². The van der Waals surface area contributed by atoms with Crippen LogP contribution in [0.3, 0.4) is 0 Å². The van der Waals surface area contributed by atoms with Crippen LogP contribution in [0, 0.1) is 12.8 Å². The van der Waals surface area contributed by atoms with E-state index in [1.54, 1.807) is 13.0 Å². The molecule has 0 radical (unpaired) electrons. The van der Waals surface area contributed by atoms with Crippen LogP contribution in [-0.4, -0.2) is 28.8 Å². The van der Waals surface area contributed by atoms with E-state index in [9.17, 15) is 19.8 Å². The summed E-state index contributed by atoms with van der Waals surface area (Å²) in [6.45, 7) is 5.37. The van der Waals surface area contributed by atoms with E-state index < -0.39 is 5.63 Å². The van der Waals surface area contributed by atoms with Gasteiger partial charge in [0.2, 0.25) is 5.91 Å². The Morgan fingerprint density at radius 3 is 2.65 bits per heavy atom. The Kier molecular flexibility index (Phi) is 5.05. The fraction of sp³-hybridized carbons (Fsp3) is 0.412. The number of phenols is 1. The SMILES string of the molecule is Cc1c(CC(=O)N[C@@H](CO)C(C)C)c(=O)oc2cc(O)ccc12. The molecule has 23 heavy (non-hydrogen) atoms. The molecule has 3 N–H and O–H groups in total. The lowest BCUT2D eigenvalue weighted by molar-refractivity contribution is -0.121. The smallest absolute Gasteiger partial charge is 0.340 e. The summed E-state index contributed by atoms with van der Waals surface area (Å²) in [6, 6.07) is 4.16. The van der Waals surface area contributed by atoms with E-state index in [4.69, 9.17) is 4.42 Å². The second-order valence-corrected chi connectivity index (χ2v) is 5.95. The molecule has 0 spiro atoms. The number of aliphatic hydroxyl groups excluding tert-OH is 1. The lowest BCUT2D eigenvalue weighted by atomic mass is 10.0. The van der Waals surface area contributed by atoms with Crippen LogP contribution < -0.4 is 10.9 Å². The fourth-order valence-electron chi connectivity index (χ4n) is 2.43. The second kappa shape index (κ2) is 6.83. The van der Waals surface area contributed by atoms with Crippen molar-refractivity contribution in [2.24, 2.45) is 5.92 Å². The number of aryl methyl sites for hydroxylation is 1. The molecule has 6 heteroatoms. The largest absolute Gasteiger partial charge is 0.508 e. The van der Waals surface area contributed by atoms with Gasteiger partial charge in [0, 0.05) is 11.5 Å². The Labute approximate surface area is 133 Å². The molecule has 1 atom stereocenters. The Balaban J connectivity index is 2.31. The van der Waals surface area contributed by atoms with Crippen LogP contribution in [0.15, 0.2) is 27.4 Å². The van der Waals surface area contributed by atoms with E-state index in [0.29, 0.717) is 10.9 Å². The van der Waals surface area contributed by atoms with Crippen molar-refractivity contribution in [2.75, 3.05) is 6.61 Å². The van der Waals surface area contributed by atoms with Crippen LogP contribution >= 0.6 is 0 Å². The number of carbonyl (C=O) groups excluding carboxylic acids is 1. The molecule has 0 bridgehead atoms. The average molecular weight is 319 g/mol. The molecule has 1 aromatic heterocycles. The topological polar surface area (TPSA) is 99.8 Å². The summed E-state index contributed by atoms with van der Waals surface area (Å²) in [5.41, 5.74) is 0.616. The molecule has 6 nitrogen and oxygen atoms in total. The highest BCUT2D eigenvalue weighted by atomic mass is 16.4. The summed E-state index contributed by atoms with van der Waals surface area (Å²) in [4.78, 5) is 24.3. The minimum Gasteiger partial charge on any atom is -0.508 e. The molecule has 124 valence electrons. The zero-order chi connectivity index (χ0) is 17.1. The number of aromatic hydroxyl groups is 1. The number of amides is 1. The van der Waals surface area contributed by atoms with Crippen molar-refractivity contribution in [3.05, 3.63) is 39.7 Å². The van der Waals surface area contributed by atoms with Crippen molar-refractivity contribution in [1.82, 2.24) is 5.32 Å². The van der Waals surface area contributed by atoms with Crippen molar-refractivity contribution in [2.45, 2.75) is 33.2 Å². The molecule has 0 aliphatic heterocycles. The first-order valence-electron chi connectivity index (χ1n) is 7.49. The standard InChI is InChI=1S/C17H21NO5/c1-9(2)14(8-19)18-16(21)7-13-10(3)12-5-4-11(20)6-15(12)23-17(13)22/h4-6,9,14,19-20H,7-8H2,1-3H3,(H,18,21)/t14-/m0/s1. The molecular formula is C17H21NO5. The molecule has 0 fully saturated rings. The Hall–Kier alpha value is -2.34. The van der Waals surface area contributed by atoms with E-state index in [1.807, 2.05) is 13.8 Å². The summed E-state index contributed by atoms with van der Waals surface area (Å²) in [5, 5.41) is 22.1. The van der Waals surface area contributed by atoms with E-state index >= 15 is 0 Å². The van der Waals surface area contributed by atoms with Crippen molar-refractivity contribution in [3.63, 3.8) is 0 Å². The van der Waals surface area contributed by atoms with Crippen LogP contribution in [0.2, 0.25) is 0 Å². The van der Waals surface area contributed by atoms with Crippen LogP contribution in [0.1, 0.15) is 25.0 Å². The lowest BCUT2D eigenvalue weighted by Crippen LogP contribution is -2.42. The number of nitrogens with one attached hydrogen (secondary N) is 1. The highest BCUT2D eigenvalue weighted by Crippen LogP contribution is 2.23. The average Bonchev–Trinajstić information content (AvgIpc) is 2.48. The molecule has 2 rings (SSSR count). The molecule has 0 unspecified atom stereocenters. The molecule has 2 aromatic rings. The Morgan fingerprint density at radius 1 is 1.35 bits per heavy atom. The Morgan fingerprint density at radius 2 is 2.04 bits per heavy atom. The predicted octanol–water partition coefficient (Wildman–Crippen LogP) is 1.48. The molecule has 1 amide bonds. The van der Waals surface area contributed by atoms with Gasteiger partial charge in [0.05, 0.1) is 24.6 Å². The predicted molar refractivity (Wildman–Crippen MR) is 86.4 cm³/mol. The van der Waals surface area contributed by atoms with Crippen molar-refractivity contribution >= 4 is 16.9 Å². The zero-order valence-corrected chi connectivity index (χ0v) is 13.4. The van der Waals surface area contributed by atoms with Crippen molar-refractivity contribution < 1.29 is 19.4 Å². The molecule has 0 aliphatic rings. The number of carbonyl (C=O) groups is 1. The Bertz CT molecular complexity index is 778. The minimum atomic E-state index is -0.596. The number of benzene rings is 1. The van der Waals surface area contributed by atoms with Gasteiger partial charge in [-0.2, -0.15) is 0 Å². The van der Waals surface area contributed by atoms with Gasteiger partial charge in [-0.1, -0.05) is 13.8 Å². The summed E-state index contributed by atoms with van der Waals surface area (Å²) < 4.78 is 5.19. The number of rotatable bonds is 5. The first-order chi connectivity index (χ1) is 10.8. The lowest BCUT2D eigenvalue weighted by Gasteiger charge is -2.20. The molecular weight excluding hydrogens is 298 g/mol. The summed E-state index contributed by atoms with van der Waals surface area (Å²) in [6.07, 6.45) is -0.117. The normalized spacial score (nSPS) is 12.6. The number of aliphatic hydroxyl groups is 1. The van der Waals surface area contributed by atoms with Gasteiger partial charge in [-0.3, -0.25) is 4.79 Å². The maximum Gasteiger partial charge on any atom is 0.340 e. The summed E-state index contributed by atoms with van der Waals surface area (Å²) >= 11 is 0. The number of hydrogen-bond acceptors (Lipinski definition) is 5. The van der Waals surface area contributed by atoms with Crippen LogP contribution in [0.4, 0.5) is 0 Å². The van der Waals surface area contributed by atoms with Gasteiger partial charge in [-0.25, -0.2) is 4.79 Å². The van der Waals surface area contributed by atoms with Crippen LogP contribution in [0.5, 0.6) is 5.75 Å². The molecule has 0 saturated heterocycles. The third kappa shape index (κ3) is 3.71. The van der Waals surface area contributed by atoms with Gasteiger partial charge >= 0.3 is 5.63 Å². The molecule has 1 heterocycles. The minimum absolute atomic E-state index is 0.00765. The molecule has 1 aromatic carbocycles. The maximum atomic E-state index is 12.1. The summed E-state index contributed by atoms with van der Waals surface area (Å²) in [5.74, 6) is -0.249. The van der Waals surface area contributed by atoms with Gasteiger partial charge in [-0.05, 0) is 30.5 Å². The molecule has 0 saturated carbocycles. The highest BCUT2D eigenvalue weighted by Gasteiger charge is 2.19. The second-order valence-electron chi connectivity index (χ2n) is 5.95. The van der Waals surface area contributed by atoms with Gasteiger partial charge in [0.1, 0.15) is 11.3 Å². The molecule has 0 aliphatic carbocycles. The van der Waals surface area contributed by atoms with E-state index in [1.165, 1.54) is 12.1 Å². The van der Waals surface area contributed by atoms with Gasteiger partial charge in [0.25, 0.3) is 0 Å².